The summed E-state index contributed by atoms with van der Waals surface area (Å²) in [6, 6.07) is 5.52. The van der Waals surface area contributed by atoms with E-state index in [1.165, 1.54) is 6.08 Å². The third kappa shape index (κ3) is 6.10. The third-order valence-electron chi connectivity index (χ3n) is 2.69. The van der Waals surface area contributed by atoms with Gasteiger partial charge in [-0.2, -0.15) is 0 Å². The number of hydrogen-bond donors (Lipinski definition) is 1. The molecule has 0 aliphatic rings. The zero-order valence-electron chi connectivity index (χ0n) is 11.0. The number of likely N-dealkylation sites (N-methyl/N-ethyl adjacent to an activating group) is 1. The summed E-state index contributed by atoms with van der Waals surface area (Å²) < 4.78 is 0. The Kier molecular flexibility index (Phi) is 6.92. The molecule has 0 radical (unpaired) electrons. The highest BCUT2D eigenvalue weighted by Crippen LogP contribution is 2.20. The van der Waals surface area contributed by atoms with Crippen LogP contribution in [0.15, 0.2) is 30.9 Å². The Balaban J connectivity index is 2.51. The topological polar surface area (TPSA) is 32.3 Å². The van der Waals surface area contributed by atoms with E-state index in [1.807, 2.05) is 12.1 Å². The number of rotatable bonds is 7. The van der Waals surface area contributed by atoms with Crippen molar-refractivity contribution >= 4 is 29.1 Å². The summed E-state index contributed by atoms with van der Waals surface area (Å²) in [5.74, 6) is -0.151. The molecule has 19 heavy (non-hydrogen) atoms. The van der Waals surface area contributed by atoms with Crippen molar-refractivity contribution in [3.05, 3.63) is 46.5 Å². The number of benzene rings is 1. The van der Waals surface area contributed by atoms with E-state index < -0.39 is 0 Å². The van der Waals surface area contributed by atoms with Gasteiger partial charge in [0.2, 0.25) is 5.91 Å². The number of halogens is 2. The first-order valence-corrected chi connectivity index (χ1v) is 6.88. The maximum Gasteiger partial charge on any atom is 0.243 e. The molecular formula is C14H18Cl2N2O. The van der Waals surface area contributed by atoms with Crippen LogP contribution in [0.2, 0.25) is 10.0 Å². The predicted molar refractivity (Wildman–Crippen MR) is 80.6 cm³/mol. The summed E-state index contributed by atoms with van der Waals surface area (Å²) in [6.07, 6.45) is 1.27. The molecule has 1 amide bonds. The zero-order valence-corrected chi connectivity index (χ0v) is 12.5. The van der Waals surface area contributed by atoms with E-state index in [2.05, 4.69) is 23.7 Å². The van der Waals surface area contributed by atoms with Gasteiger partial charge in [0.1, 0.15) is 0 Å². The lowest BCUT2D eigenvalue weighted by atomic mass is 10.2. The minimum absolute atomic E-state index is 0.151. The van der Waals surface area contributed by atoms with E-state index in [1.54, 1.807) is 6.07 Å². The quantitative estimate of drug-likeness (QED) is 0.785. The van der Waals surface area contributed by atoms with Gasteiger partial charge in [-0.3, -0.25) is 9.69 Å². The van der Waals surface area contributed by atoms with Crippen LogP contribution in [0, 0.1) is 0 Å². The first kappa shape index (κ1) is 16.0. The van der Waals surface area contributed by atoms with Crippen molar-refractivity contribution in [2.75, 3.05) is 19.6 Å². The molecule has 1 N–H and O–H groups in total. The molecule has 0 saturated carbocycles. The fourth-order valence-corrected chi connectivity index (χ4v) is 2.29. The fraction of sp³-hybridized carbons (Fsp3) is 0.357. The van der Waals surface area contributed by atoms with Gasteiger partial charge in [0.05, 0.1) is 0 Å². The summed E-state index contributed by atoms with van der Waals surface area (Å²) in [7, 11) is 0. The van der Waals surface area contributed by atoms with Crippen molar-refractivity contribution in [3.63, 3.8) is 0 Å². The summed E-state index contributed by atoms with van der Waals surface area (Å²) in [5, 5.41) is 4.03. The maximum absolute atomic E-state index is 11.0. The van der Waals surface area contributed by atoms with Crippen LogP contribution in [-0.2, 0) is 11.3 Å². The average Bonchev–Trinajstić information content (AvgIpc) is 2.36. The normalized spacial score (nSPS) is 10.5. The molecule has 0 fully saturated rings. The highest BCUT2D eigenvalue weighted by molar-refractivity contribution is 6.34. The maximum atomic E-state index is 11.0. The van der Waals surface area contributed by atoms with Gasteiger partial charge in [0.15, 0.2) is 0 Å². The molecule has 3 nitrogen and oxygen atoms in total. The molecule has 104 valence electrons. The minimum atomic E-state index is -0.151. The van der Waals surface area contributed by atoms with Gasteiger partial charge in [0, 0.05) is 29.7 Å². The number of carbonyl (C=O) groups is 1. The Labute approximate surface area is 124 Å². The lowest BCUT2D eigenvalue weighted by Gasteiger charge is -2.20. The molecule has 0 heterocycles. The van der Waals surface area contributed by atoms with Crippen molar-refractivity contribution in [3.8, 4) is 0 Å². The Bertz CT molecular complexity index is 429. The van der Waals surface area contributed by atoms with Crippen molar-refractivity contribution in [2.45, 2.75) is 13.5 Å². The Morgan fingerprint density at radius 2 is 2.00 bits per heavy atom. The SMILES string of the molecule is C=CC(=O)NCCN(CC)Cc1cc(Cl)cc(Cl)c1. The van der Waals surface area contributed by atoms with Crippen LogP contribution < -0.4 is 5.32 Å². The molecule has 0 saturated heterocycles. The summed E-state index contributed by atoms with van der Waals surface area (Å²) in [6.45, 7) is 8.47. The standard InChI is InChI=1S/C14H18Cl2N2O/c1-3-14(19)17-5-6-18(4-2)10-11-7-12(15)9-13(16)8-11/h3,7-9H,1,4-6,10H2,2H3,(H,17,19). The third-order valence-corrected chi connectivity index (χ3v) is 3.12. The van der Waals surface area contributed by atoms with Crippen molar-refractivity contribution in [2.24, 2.45) is 0 Å². The predicted octanol–water partition coefficient (Wildman–Crippen LogP) is 3.12. The first-order valence-electron chi connectivity index (χ1n) is 6.12. The van der Waals surface area contributed by atoms with Crippen molar-refractivity contribution < 1.29 is 4.79 Å². The molecule has 0 aromatic heterocycles. The van der Waals surface area contributed by atoms with E-state index in [-0.39, 0.29) is 5.91 Å². The Morgan fingerprint density at radius 1 is 1.37 bits per heavy atom. The molecule has 0 atom stereocenters. The van der Waals surface area contributed by atoms with Gasteiger partial charge in [-0.1, -0.05) is 36.7 Å². The Hall–Kier alpha value is -1.03. The van der Waals surface area contributed by atoms with E-state index in [0.717, 1.165) is 25.2 Å². The fourth-order valence-electron chi connectivity index (χ4n) is 1.72. The smallest absolute Gasteiger partial charge is 0.243 e. The van der Waals surface area contributed by atoms with E-state index >= 15 is 0 Å². The largest absolute Gasteiger partial charge is 0.351 e. The van der Waals surface area contributed by atoms with Crippen LogP contribution in [0.25, 0.3) is 0 Å². The molecule has 1 aromatic rings. The molecule has 0 bridgehead atoms. The molecule has 1 aromatic carbocycles. The van der Waals surface area contributed by atoms with E-state index in [9.17, 15) is 4.79 Å². The van der Waals surface area contributed by atoms with Crippen LogP contribution in [0.4, 0.5) is 0 Å². The van der Waals surface area contributed by atoms with Crippen molar-refractivity contribution in [1.82, 2.24) is 10.2 Å². The second kappa shape index (κ2) is 8.20. The lowest BCUT2D eigenvalue weighted by Crippen LogP contribution is -2.33. The molecule has 5 heteroatoms. The molecule has 0 aliphatic heterocycles. The number of amides is 1. The zero-order chi connectivity index (χ0) is 14.3. The number of nitrogens with one attached hydrogen (secondary N) is 1. The molecule has 0 aliphatic carbocycles. The summed E-state index contributed by atoms with van der Waals surface area (Å²) >= 11 is 11.9. The van der Waals surface area contributed by atoms with Gasteiger partial charge in [0.25, 0.3) is 0 Å². The average molecular weight is 301 g/mol. The second-order valence-corrected chi connectivity index (χ2v) is 5.01. The molecule has 0 spiro atoms. The van der Waals surface area contributed by atoms with Crippen LogP contribution >= 0.6 is 23.2 Å². The summed E-state index contributed by atoms with van der Waals surface area (Å²) in [4.78, 5) is 13.2. The number of carbonyl (C=O) groups excluding carboxylic acids is 1. The number of hydrogen-bond acceptors (Lipinski definition) is 2. The molecule has 0 unspecified atom stereocenters. The highest BCUT2D eigenvalue weighted by Gasteiger charge is 2.06. The molecule has 1 rings (SSSR count). The van der Waals surface area contributed by atoms with Crippen LogP contribution in [0.3, 0.4) is 0 Å². The van der Waals surface area contributed by atoms with E-state index in [4.69, 9.17) is 23.2 Å². The highest BCUT2D eigenvalue weighted by atomic mass is 35.5. The summed E-state index contributed by atoms with van der Waals surface area (Å²) in [5.41, 5.74) is 1.06. The minimum Gasteiger partial charge on any atom is -0.351 e. The van der Waals surface area contributed by atoms with Gasteiger partial charge < -0.3 is 5.32 Å². The second-order valence-electron chi connectivity index (χ2n) is 4.14. The Morgan fingerprint density at radius 3 is 2.53 bits per heavy atom. The van der Waals surface area contributed by atoms with Gasteiger partial charge in [-0.15, -0.1) is 0 Å². The van der Waals surface area contributed by atoms with Gasteiger partial charge >= 0.3 is 0 Å². The van der Waals surface area contributed by atoms with E-state index in [0.29, 0.717) is 16.6 Å². The first-order chi connectivity index (χ1) is 9.05. The number of nitrogens with zero attached hydrogens (tertiary/aromatic N) is 1. The van der Waals surface area contributed by atoms with Crippen LogP contribution in [-0.4, -0.2) is 30.4 Å². The monoisotopic (exact) mass is 300 g/mol. The van der Waals surface area contributed by atoms with Crippen LogP contribution in [0.1, 0.15) is 12.5 Å². The van der Waals surface area contributed by atoms with Gasteiger partial charge in [-0.05, 0) is 36.4 Å². The van der Waals surface area contributed by atoms with Gasteiger partial charge in [-0.25, -0.2) is 0 Å². The van der Waals surface area contributed by atoms with Crippen LogP contribution in [0.5, 0.6) is 0 Å². The lowest BCUT2D eigenvalue weighted by molar-refractivity contribution is -0.116. The molecular weight excluding hydrogens is 283 g/mol. The van der Waals surface area contributed by atoms with Crippen molar-refractivity contribution in [1.29, 1.82) is 0 Å².